The summed E-state index contributed by atoms with van der Waals surface area (Å²) >= 11 is 0. The highest BCUT2D eigenvalue weighted by molar-refractivity contribution is 5.36. The summed E-state index contributed by atoms with van der Waals surface area (Å²) in [5.41, 5.74) is 2.01. The molecule has 0 amide bonds. The van der Waals surface area contributed by atoms with Gasteiger partial charge in [0, 0.05) is 13.1 Å². The molecule has 2 aromatic carbocycles. The minimum Gasteiger partial charge on any atom is -0.487 e. The van der Waals surface area contributed by atoms with Crippen LogP contribution in [0.4, 0.5) is 4.39 Å². The van der Waals surface area contributed by atoms with Crippen molar-refractivity contribution in [1.29, 1.82) is 0 Å². The first-order chi connectivity index (χ1) is 13.6. The van der Waals surface area contributed by atoms with E-state index in [-0.39, 0.29) is 18.0 Å². The fourth-order valence-electron chi connectivity index (χ4n) is 3.91. The van der Waals surface area contributed by atoms with E-state index in [9.17, 15) is 14.6 Å². The van der Waals surface area contributed by atoms with Gasteiger partial charge in [-0.25, -0.2) is 4.39 Å². The molecule has 0 radical (unpaired) electrons. The van der Waals surface area contributed by atoms with Gasteiger partial charge < -0.3 is 25.0 Å². The number of hydrogen-bond acceptors (Lipinski definition) is 5. The van der Waals surface area contributed by atoms with Crippen LogP contribution in [-0.4, -0.2) is 47.7 Å². The number of halogens is 1. The Morgan fingerprint density at radius 2 is 1.50 bits per heavy atom. The van der Waals surface area contributed by atoms with Crippen molar-refractivity contribution >= 4 is 0 Å². The first-order valence-corrected chi connectivity index (χ1v) is 9.86. The minimum absolute atomic E-state index is 0.257. The first kappa shape index (κ1) is 19.2. The summed E-state index contributed by atoms with van der Waals surface area (Å²) in [6, 6.07) is 12.3. The lowest BCUT2D eigenvalue weighted by Crippen LogP contribution is -2.46. The molecule has 150 valence electrons. The predicted molar refractivity (Wildman–Crippen MR) is 103 cm³/mol. The number of rotatable bonds is 6. The van der Waals surface area contributed by atoms with Crippen molar-refractivity contribution in [3.8, 4) is 11.5 Å². The van der Waals surface area contributed by atoms with Crippen LogP contribution >= 0.6 is 0 Å². The van der Waals surface area contributed by atoms with Crippen molar-refractivity contribution in [2.75, 3.05) is 13.1 Å². The molecule has 28 heavy (non-hydrogen) atoms. The van der Waals surface area contributed by atoms with Gasteiger partial charge in [0.1, 0.15) is 41.7 Å². The van der Waals surface area contributed by atoms with Gasteiger partial charge in [-0.15, -0.1) is 0 Å². The lowest BCUT2D eigenvalue weighted by atomic mass is 9.98. The highest BCUT2D eigenvalue weighted by Crippen LogP contribution is 2.30. The maximum atomic E-state index is 13.3. The third kappa shape index (κ3) is 4.29. The zero-order valence-corrected chi connectivity index (χ0v) is 15.7. The highest BCUT2D eigenvalue weighted by atomic mass is 19.1. The molecule has 0 saturated heterocycles. The van der Waals surface area contributed by atoms with Crippen LogP contribution in [0.25, 0.3) is 0 Å². The Balaban J connectivity index is 1.23. The van der Waals surface area contributed by atoms with E-state index in [1.54, 1.807) is 6.07 Å². The molecule has 0 spiro atoms. The normalized spacial score (nSPS) is 23.0. The topological polar surface area (TPSA) is 71.0 Å². The van der Waals surface area contributed by atoms with Crippen LogP contribution in [0.1, 0.15) is 24.0 Å². The summed E-state index contributed by atoms with van der Waals surface area (Å²) < 4.78 is 25.0. The lowest BCUT2D eigenvalue weighted by Gasteiger charge is -2.31. The van der Waals surface area contributed by atoms with Crippen molar-refractivity contribution in [1.82, 2.24) is 5.32 Å². The molecule has 0 unspecified atom stereocenters. The van der Waals surface area contributed by atoms with E-state index >= 15 is 0 Å². The maximum absolute atomic E-state index is 13.3. The molecule has 0 fully saturated rings. The number of para-hydroxylation sites is 1. The van der Waals surface area contributed by atoms with E-state index in [0.29, 0.717) is 31.7 Å². The van der Waals surface area contributed by atoms with Crippen LogP contribution in [-0.2, 0) is 12.8 Å². The molecular weight excluding hydrogens is 361 g/mol. The van der Waals surface area contributed by atoms with E-state index in [2.05, 4.69) is 5.32 Å². The van der Waals surface area contributed by atoms with E-state index in [1.165, 1.54) is 17.7 Å². The maximum Gasteiger partial charge on any atom is 0.126 e. The summed E-state index contributed by atoms with van der Waals surface area (Å²) in [5.74, 6) is 1.19. The lowest BCUT2D eigenvalue weighted by molar-refractivity contribution is 0.00896. The van der Waals surface area contributed by atoms with Crippen LogP contribution in [0.15, 0.2) is 42.5 Å². The van der Waals surface area contributed by atoms with Crippen LogP contribution in [0.5, 0.6) is 11.5 Å². The molecule has 2 aliphatic heterocycles. The fourth-order valence-corrected chi connectivity index (χ4v) is 3.91. The molecule has 0 saturated carbocycles. The zero-order chi connectivity index (χ0) is 19.5. The molecule has 2 aromatic rings. The summed E-state index contributed by atoms with van der Waals surface area (Å²) in [7, 11) is 0. The SMILES string of the molecule is O[C@H](CNC[C@H](O)[C@H]1CCc2ccccc2O1)[C@H]1CCc2cc(F)ccc2O1. The van der Waals surface area contributed by atoms with Crippen LogP contribution < -0.4 is 14.8 Å². The molecule has 3 N–H and O–H groups in total. The summed E-state index contributed by atoms with van der Waals surface area (Å²) in [6.45, 7) is 0.639. The van der Waals surface area contributed by atoms with Gasteiger partial charge in [-0.3, -0.25) is 0 Å². The molecule has 0 bridgehead atoms. The average Bonchev–Trinajstić information content (AvgIpc) is 2.72. The van der Waals surface area contributed by atoms with Gasteiger partial charge in [0.15, 0.2) is 0 Å². The molecule has 5 nitrogen and oxygen atoms in total. The van der Waals surface area contributed by atoms with Gasteiger partial charge >= 0.3 is 0 Å². The summed E-state index contributed by atoms with van der Waals surface area (Å²) in [4.78, 5) is 0. The van der Waals surface area contributed by atoms with Gasteiger partial charge in [-0.05, 0) is 61.1 Å². The number of aryl methyl sites for hydroxylation is 2. The molecular formula is C22H26FNO4. The van der Waals surface area contributed by atoms with Crippen molar-refractivity contribution in [2.45, 2.75) is 50.1 Å². The molecule has 4 rings (SSSR count). The second-order valence-electron chi connectivity index (χ2n) is 7.54. The number of benzene rings is 2. The largest absolute Gasteiger partial charge is 0.487 e. The van der Waals surface area contributed by atoms with Gasteiger partial charge in [0.05, 0.1) is 0 Å². The summed E-state index contributed by atoms with van der Waals surface area (Å²) in [6.07, 6.45) is 0.984. The zero-order valence-electron chi connectivity index (χ0n) is 15.7. The average molecular weight is 387 g/mol. The van der Waals surface area contributed by atoms with Gasteiger partial charge in [-0.1, -0.05) is 18.2 Å². The molecule has 2 aliphatic rings. The Hall–Kier alpha value is -2.15. The Kier molecular flexibility index (Phi) is 5.80. The van der Waals surface area contributed by atoms with Crippen molar-refractivity contribution < 1.29 is 24.1 Å². The Bertz CT molecular complexity index is 815. The van der Waals surface area contributed by atoms with Crippen LogP contribution in [0.3, 0.4) is 0 Å². The second-order valence-corrected chi connectivity index (χ2v) is 7.54. The van der Waals surface area contributed by atoms with Crippen molar-refractivity contribution in [3.63, 3.8) is 0 Å². The molecule has 2 heterocycles. The molecule has 4 atom stereocenters. The Labute approximate surface area is 164 Å². The number of hydrogen-bond donors (Lipinski definition) is 3. The third-order valence-corrected chi connectivity index (χ3v) is 5.51. The van der Waals surface area contributed by atoms with Crippen LogP contribution in [0.2, 0.25) is 0 Å². The van der Waals surface area contributed by atoms with Gasteiger partial charge in [0.2, 0.25) is 0 Å². The van der Waals surface area contributed by atoms with Gasteiger partial charge in [-0.2, -0.15) is 0 Å². The monoisotopic (exact) mass is 387 g/mol. The predicted octanol–water partition coefficient (Wildman–Crippen LogP) is 2.22. The highest BCUT2D eigenvalue weighted by Gasteiger charge is 2.28. The molecule has 6 heteroatoms. The number of ether oxygens (including phenoxy) is 2. The molecule has 0 aliphatic carbocycles. The summed E-state index contributed by atoms with van der Waals surface area (Å²) in [5, 5.41) is 24.0. The Morgan fingerprint density at radius 3 is 2.21 bits per heavy atom. The molecule has 0 aromatic heterocycles. The number of aliphatic hydroxyl groups excluding tert-OH is 2. The van der Waals surface area contributed by atoms with Crippen molar-refractivity contribution in [3.05, 3.63) is 59.4 Å². The first-order valence-electron chi connectivity index (χ1n) is 9.86. The quantitative estimate of drug-likeness (QED) is 0.709. The third-order valence-electron chi connectivity index (χ3n) is 5.51. The van der Waals surface area contributed by atoms with E-state index < -0.39 is 12.2 Å². The fraction of sp³-hybridized carbons (Fsp3) is 0.455. The smallest absolute Gasteiger partial charge is 0.126 e. The van der Waals surface area contributed by atoms with E-state index in [0.717, 1.165) is 24.2 Å². The van der Waals surface area contributed by atoms with E-state index in [1.807, 2.05) is 24.3 Å². The van der Waals surface area contributed by atoms with Crippen molar-refractivity contribution in [2.24, 2.45) is 0 Å². The Morgan fingerprint density at radius 1 is 0.893 bits per heavy atom. The standard InChI is InChI=1S/C22H26FNO4/c23-16-7-10-20-15(11-16)6-9-22(28-20)18(26)13-24-12-17(25)21-8-5-14-3-1-2-4-19(14)27-21/h1-4,7,10-11,17-18,21-22,24-26H,5-6,8-9,12-13H2/t17-,18+,21+,22+/m0/s1. The van der Waals surface area contributed by atoms with E-state index in [4.69, 9.17) is 9.47 Å². The van der Waals surface area contributed by atoms with Gasteiger partial charge in [0.25, 0.3) is 0 Å². The second kappa shape index (κ2) is 8.47. The number of fused-ring (bicyclic) bond motifs is 2. The number of aliphatic hydroxyl groups is 2. The minimum atomic E-state index is -0.710. The number of nitrogens with one attached hydrogen (secondary N) is 1. The van der Waals surface area contributed by atoms with Crippen LogP contribution in [0, 0.1) is 5.82 Å².